The molecule has 0 saturated heterocycles. The smallest absolute Gasteiger partial charge is 0.306 e. The van der Waals surface area contributed by atoms with E-state index in [1.807, 2.05) is 0 Å². The van der Waals surface area contributed by atoms with Crippen LogP contribution in [0, 0.1) is 0 Å². The zero-order valence-corrected chi connectivity index (χ0v) is 51.5. The molecule has 0 amide bonds. The third-order valence-corrected chi connectivity index (χ3v) is 15.0. The third-order valence-electron chi connectivity index (χ3n) is 15.0. The Morgan fingerprint density at radius 3 is 0.753 bits per heavy atom. The van der Waals surface area contributed by atoms with Gasteiger partial charge in [-0.15, -0.1) is 0 Å². The molecule has 77 heavy (non-hydrogen) atoms. The fourth-order valence-corrected chi connectivity index (χ4v) is 9.85. The molecule has 0 saturated carbocycles. The maximum Gasteiger partial charge on any atom is 0.306 e. The topological polar surface area (TPSA) is 78.9 Å². The molecule has 0 aromatic heterocycles. The molecule has 0 heterocycles. The fourth-order valence-electron chi connectivity index (χ4n) is 9.85. The van der Waals surface area contributed by atoms with Crippen LogP contribution in [0.15, 0.2) is 60.8 Å². The molecule has 0 aliphatic carbocycles. The Hall–Kier alpha value is -2.89. The summed E-state index contributed by atoms with van der Waals surface area (Å²) in [5, 5.41) is 0. The number of ether oxygens (including phenoxy) is 3. The molecule has 0 bridgehead atoms. The number of hydrogen-bond acceptors (Lipinski definition) is 6. The number of allylic oxidation sites excluding steroid dienone is 10. The van der Waals surface area contributed by atoms with E-state index >= 15 is 0 Å². The fraction of sp³-hybridized carbons (Fsp3) is 0.817. The number of unbranched alkanes of at least 4 members (excludes halogenated alkanes) is 41. The second-order valence-electron chi connectivity index (χ2n) is 22.7. The van der Waals surface area contributed by atoms with Crippen molar-refractivity contribution in [2.45, 2.75) is 361 Å². The van der Waals surface area contributed by atoms with Crippen LogP contribution < -0.4 is 0 Å². The number of hydrogen-bond donors (Lipinski definition) is 0. The molecular formula is C71H128O6. The molecule has 0 rings (SSSR count). The van der Waals surface area contributed by atoms with Gasteiger partial charge in [-0.25, -0.2) is 0 Å². The first kappa shape index (κ1) is 74.1. The highest BCUT2D eigenvalue weighted by molar-refractivity contribution is 5.71. The second kappa shape index (κ2) is 65.6. The molecule has 0 fully saturated rings. The van der Waals surface area contributed by atoms with Gasteiger partial charge >= 0.3 is 17.9 Å². The summed E-state index contributed by atoms with van der Waals surface area (Å²) in [6.45, 7) is 6.64. The van der Waals surface area contributed by atoms with Gasteiger partial charge in [0, 0.05) is 19.3 Å². The van der Waals surface area contributed by atoms with Gasteiger partial charge in [0.25, 0.3) is 0 Å². The van der Waals surface area contributed by atoms with Crippen molar-refractivity contribution in [2.24, 2.45) is 0 Å². The van der Waals surface area contributed by atoms with Crippen LogP contribution in [0.4, 0.5) is 0 Å². The monoisotopic (exact) mass is 1080 g/mol. The van der Waals surface area contributed by atoms with Gasteiger partial charge in [-0.3, -0.25) is 14.4 Å². The number of esters is 3. The summed E-state index contributed by atoms with van der Waals surface area (Å²) in [5.74, 6) is -0.877. The summed E-state index contributed by atoms with van der Waals surface area (Å²) >= 11 is 0. The molecule has 0 spiro atoms. The molecular weight excluding hydrogens is 949 g/mol. The van der Waals surface area contributed by atoms with Gasteiger partial charge in [0.15, 0.2) is 6.10 Å². The van der Waals surface area contributed by atoms with Crippen molar-refractivity contribution in [3.63, 3.8) is 0 Å². The van der Waals surface area contributed by atoms with Gasteiger partial charge in [-0.05, 0) is 109 Å². The molecule has 0 aliphatic heterocycles. The van der Waals surface area contributed by atoms with Crippen molar-refractivity contribution in [3.05, 3.63) is 60.8 Å². The van der Waals surface area contributed by atoms with Gasteiger partial charge in [-0.2, -0.15) is 0 Å². The Bertz CT molecular complexity index is 1380. The van der Waals surface area contributed by atoms with Crippen molar-refractivity contribution in [2.75, 3.05) is 13.2 Å². The highest BCUT2D eigenvalue weighted by atomic mass is 16.6. The summed E-state index contributed by atoms with van der Waals surface area (Å²) in [6.07, 6.45) is 83.7. The minimum atomic E-state index is -0.783. The lowest BCUT2D eigenvalue weighted by atomic mass is 10.0. The van der Waals surface area contributed by atoms with E-state index < -0.39 is 6.10 Å². The minimum absolute atomic E-state index is 0.0786. The van der Waals surface area contributed by atoms with Crippen LogP contribution in [0.3, 0.4) is 0 Å². The van der Waals surface area contributed by atoms with Crippen LogP contribution >= 0.6 is 0 Å². The van der Waals surface area contributed by atoms with Crippen LogP contribution in [-0.4, -0.2) is 37.2 Å². The van der Waals surface area contributed by atoms with Crippen LogP contribution in [0.5, 0.6) is 0 Å². The lowest BCUT2D eigenvalue weighted by Crippen LogP contribution is -2.30. The summed E-state index contributed by atoms with van der Waals surface area (Å²) in [5.41, 5.74) is 0. The lowest BCUT2D eigenvalue weighted by Gasteiger charge is -2.18. The molecule has 448 valence electrons. The molecule has 0 N–H and O–H groups in total. The summed E-state index contributed by atoms with van der Waals surface area (Å²) in [6, 6.07) is 0. The molecule has 0 radical (unpaired) electrons. The van der Waals surface area contributed by atoms with Gasteiger partial charge in [0.2, 0.25) is 0 Å². The average molecular weight is 1080 g/mol. The van der Waals surface area contributed by atoms with E-state index in [0.717, 1.165) is 83.5 Å². The van der Waals surface area contributed by atoms with Crippen molar-refractivity contribution >= 4 is 17.9 Å². The van der Waals surface area contributed by atoms with Gasteiger partial charge in [-0.1, -0.05) is 287 Å². The van der Waals surface area contributed by atoms with E-state index in [0.29, 0.717) is 19.3 Å². The van der Waals surface area contributed by atoms with E-state index in [4.69, 9.17) is 14.2 Å². The minimum Gasteiger partial charge on any atom is -0.462 e. The van der Waals surface area contributed by atoms with E-state index in [1.54, 1.807) is 0 Å². The Labute approximate surface area is 479 Å². The summed E-state index contributed by atoms with van der Waals surface area (Å²) in [4.78, 5) is 38.4. The van der Waals surface area contributed by atoms with Crippen molar-refractivity contribution in [1.82, 2.24) is 0 Å². The van der Waals surface area contributed by atoms with Crippen molar-refractivity contribution < 1.29 is 28.6 Å². The van der Waals surface area contributed by atoms with Gasteiger partial charge < -0.3 is 14.2 Å². The first-order valence-electron chi connectivity index (χ1n) is 33.8. The highest BCUT2D eigenvalue weighted by Crippen LogP contribution is 2.17. The van der Waals surface area contributed by atoms with Gasteiger partial charge in [0.05, 0.1) is 0 Å². The van der Waals surface area contributed by atoms with Crippen LogP contribution in [0.1, 0.15) is 355 Å². The molecule has 0 aromatic rings. The summed E-state index contributed by atoms with van der Waals surface area (Å²) < 4.78 is 17.0. The van der Waals surface area contributed by atoms with Crippen LogP contribution in [0.25, 0.3) is 0 Å². The molecule has 1 atom stereocenters. The predicted octanol–water partition coefficient (Wildman–Crippen LogP) is 23.1. The van der Waals surface area contributed by atoms with E-state index in [1.165, 1.54) is 231 Å². The maximum atomic E-state index is 12.9. The zero-order valence-electron chi connectivity index (χ0n) is 51.5. The van der Waals surface area contributed by atoms with Crippen molar-refractivity contribution in [1.29, 1.82) is 0 Å². The summed E-state index contributed by atoms with van der Waals surface area (Å²) in [7, 11) is 0. The molecule has 6 nitrogen and oxygen atoms in total. The number of rotatable bonds is 62. The van der Waals surface area contributed by atoms with Gasteiger partial charge in [0.1, 0.15) is 13.2 Å². The Kier molecular flexibility index (Phi) is 63.2. The largest absolute Gasteiger partial charge is 0.462 e. The second-order valence-corrected chi connectivity index (χ2v) is 22.7. The van der Waals surface area contributed by atoms with E-state index in [-0.39, 0.29) is 31.1 Å². The first-order chi connectivity index (χ1) is 38.0. The zero-order chi connectivity index (χ0) is 55.7. The third kappa shape index (κ3) is 63.8. The SMILES string of the molecule is CCCCC/C=C\C/C=C\CCCCCCCC(=O)OCC(COC(=O)CCCCCCCCCCCCC/C=C\C/C=C\CCCCCCC)OC(=O)CCCCCCCCCCC/C=C\CCCCCCCCCC. The Morgan fingerprint density at radius 1 is 0.260 bits per heavy atom. The molecule has 6 heteroatoms. The average Bonchev–Trinajstić information content (AvgIpc) is 3.43. The Balaban J connectivity index is 4.33. The maximum absolute atomic E-state index is 12.9. The Morgan fingerprint density at radius 2 is 0.468 bits per heavy atom. The highest BCUT2D eigenvalue weighted by Gasteiger charge is 2.19. The molecule has 0 aromatic carbocycles. The van der Waals surface area contributed by atoms with E-state index in [2.05, 4.69) is 81.5 Å². The van der Waals surface area contributed by atoms with Crippen LogP contribution in [-0.2, 0) is 28.6 Å². The number of carbonyl (C=O) groups is 3. The molecule has 1 unspecified atom stereocenters. The van der Waals surface area contributed by atoms with E-state index in [9.17, 15) is 14.4 Å². The first-order valence-corrected chi connectivity index (χ1v) is 33.8. The number of carbonyl (C=O) groups excluding carboxylic acids is 3. The normalized spacial score (nSPS) is 12.4. The standard InChI is InChI=1S/C71H128O6/c1-4-7-10-13-16-19-22-25-28-30-32-34-35-37-38-40-43-46-49-52-55-58-61-64-70(73)76-67-68(66-75-69(72)63-60-57-54-51-48-45-42-27-24-21-18-15-12-9-6-3)77-71(74)65-62-59-56-53-50-47-44-41-39-36-33-31-29-26-23-20-17-14-11-8-5-2/h18,21-22,25,27,30-33,42,68H,4-17,19-20,23-24,26,28-29,34-41,43-67H2,1-3H3/b21-18-,25-22-,32-30-,33-31-,42-27-. The molecule has 0 aliphatic rings. The quantitative estimate of drug-likeness (QED) is 0.0261. The van der Waals surface area contributed by atoms with Crippen molar-refractivity contribution in [3.8, 4) is 0 Å². The predicted molar refractivity (Wildman–Crippen MR) is 335 cm³/mol. The lowest BCUT2D eigenvalue weighted by molar-refractivity contribution is -0.167. The van der Waals surface area contributed by atoms with Crippen LogP contribution in [0.2, 0.25) is 0 Å².